The van der Waals surface area contributed by atoms with E-state index in [1.807, 2.05) is 6.92 Å². The van der Waals surface area contributed by atoms with Crippen molar-refractivity contribution in [2.75, 3.05) is 0 Å². The summed E-state index contributed by atoms with van der Waals surface area (Å²) in [4.78, 5) is 10.3. The van der Waals surface area contributed by atoms with Gasteiger partial charge in [0.05, 0.1) is 6.42 Å². The average molecular weight is 191 g/mol. The van der Waals surface area contributed by atoms with Gasteiger partial charge in [-0.1, -0.05) is 6.92 Å². The Kier molecular flexibility index (Phi) is 5.31. The van der Waals surface area contributed by atoms with E-state index in [1.54, 1.807) is 0 Å². The van der Waals surface area contributed by atoms with Crippen molar-refractivity contribution >= 4 is 23.3 Å². The summed E-state index contributed by atoms with van der Waals surface area (Å²) in [5, 5.41) is 11.5. The van der Waals surface area contributed by atoms with Gasteiger partial charge >= 0.3 is 5.97 Å². The number of rotatable bonds is 4. The molecule has 0 aromatic carbocycles. The lowest BCUT2D eigenvalue weighted by Gasteiger charge is -2.15. The number of hydrogen-bond acceptors (Lipinski definition) is 3. The molecule has 1 atom stereocenters. The zero-order valence-electron chi connectivity index (χ0n) is 6.83. The Balaban J connectivity index is 3.82. The van der Waals surface area contributed by atoms with Gasteiger partial charge in [-0.15, -0.1) is 0 Å². The maximum Gasteiger partial charge on any atom is 0.305 e. The number of carboxylic acid groups (broad SMARTS) is 1. The normalized spacial score (nSPS) is 11.8. The van der Waals surface area contributed by atoms with Gasteiger partial charge in [0.1, 0.15) is 0 Å². The summed E-state index contributed by atoms with van der Waals surface area (Å²) in [5.41, 5.74) is 2.23. The van der Waals surface area contributed by atoms with Crippen molar-refractivity contribution in [2.45, 2.75) is 25.8 Å². The quantitative estimate of drug-likeness (QED) is 0.274. The van der Waals surface area contributed by atoms with E-state index in [0.29, 0.717) is 6.42 Å². The molecule has 6 heteroatoms. The predicted octanol–water partition coefficient (Wildman–Crippen LogP) is -0.422. The summed E-state index contributed by atoms with van der Waals surface area (Å²) < 4.78 is 0. The van der Waals surface area contributed by atoms with E-state index >= 15 is 0 Å². The van der Waals surface area contributed by atoms with Gasteiger partial charge < -0.3 is 15.8 Å². The molecule has 0 saturated heterocycles. The molecule has 0 aliphatic heterocycles. The molecule has 0 aromatic heterocycles. The van der Waals surface area contributed by atoms with Crippen LogP contribution >= 0.6 is 12.2 Å². The summed E-state index contributed by atoms with van der Waals surface area (Å²) in [6, 6.07) is -0.161. The molecule has 0 spiro atoms. The standard InChI is InChI=1S/C6H13N3O2S/c1-2-4(3-5(10)11)8-6(12)9-7/h4H,2-3,7H2,1H3,(H,10,11)(H2,8,9,12). The predicted molar refractivity (Wildman–Crippen MR) is 49.4 cm³/mol. The number of hydrazine groups is 1. The second kappa shape index (κ2) is 5.73. The number of thiocarbonyl (C=S) groups is 1. The molecule has 0 saturated carbocycles. The van der Waals surface area contributed by atoms with E-state index in [4.69, 9.17) is 23.2 Å². The first-order chi connectivity index (χ1) is 5.60. The average Bonchev–Trinajstić information content (AvgIpc) is 2.02. The molecule has 0 bridgehead atoms. The number of carboxylic acids is 1. The number of carbonyl (C=O) groups is 1. The van der Waals surface area contributed by atoms with E-state index in [-0.39, 0.29) is 17.6 Å². The van der Waals surface area contributed by atoms with Gasteiger partial charge in [-0.25, -0.2) is 5.84 Å². The molecule has 0 rings (SSSR count). The largest absolute Gasteiger partial charge is 0.481 e. The molecule has 5 nitrogen and oxygen atoms in total. The Morgan fingerprint density at radius 3 is 2.67 bits per heavy atom. The summed E-state index contributed by atoms with van der Waals surface area (Å²) in [7, 11) is 0. The van der Waals surface area contributed by atoms with Gasteiger partial charge in [0.15, 0.2) is 5.11 Å². The lowest BCUT2D eigenvalue weighted by molar-refractivity contribution is -0.137. The van der Waals surface area contributed by atoms with Crippen LogP contribution in [0.5, 0.6) is 0 Å². The SMILES string of the molecule is CCC(CC(=O)O)NC(=S)NN. The first-order valence-corrected chi connectivity index (χ1v) is 3.99. The van der Waals surface area contributed by atoms with E-state index in [0.717, 1.165) is 0 Å². The van der Waals surface area contributed by atoms with Crippen molar-refractivity contribution in [2.24, 2.45) is 5.84 Å². The fourth-order valence-electron chi connectivity index (χ4n) is 0.735. The van der Waals surface area contributed by atoms with Crippen LogP contribution in [0.1, 0.15) is 19.8 Å². The highest BCUT2D eigenvalue weighted by Crippen LogP contribution is 1.96. The van der Waals surface area contributed by atoms with Crippen molar-refractivity contribution in [1.82, 2.24) is 10.7 Å². The number of nitrogens with two attached hydrogens (primary N) is 1. The lowest BCUT2D eigenvalue weighted by atomic mass is 10.1. The Bertz CT molecular complexity index is 174. The van der Waals surface area contributed by atoms with Gasteiger partial charge in [-0.2, -0.15) is 0 Å². The Morgan fingerprint density at radius 2 is 2.33 bits per heavy atom. The molecule has 0 fully saturated rings. The first kappa shape index (κ1) is 11.1. The van der Waals surface area contributed by atoms with Crippen LogP contribution in [0.4, 0.5) is 0 Å². The van der Waals surface area contributed by atoms with Crippen LogP contribution < -0.4 is 16.6 Å². The lowest BCUT2D eigenvalue weighted by Crippen LogP contribution is -2.45. The minimum absolute atomic E-state index is 0.0400. The fraction of sp³-hybridized carbons (Fsp3) is 0.667. The molecule has 5 N–H and O–H groups in total. The molecule has 70 valence electrons. The second-order valence-electron chi connectivity index (χ2n) is 2.32. The second-order valence-corrected chi connectivity index (χ2v) is 2.73. The molecule has 0 aromatic rings. The highest BCUT2D eigenvalue weighted by Gasteiger charge is 2.10. The monoisotopic (exact) mass is 191 g/mol. The first-order valence-electron chi connectivity index (χ1n) is 3.59. The molecule has 12 heavy (non-hydrogen) atoms. The van der Waals surface area contributed by atoms with E-state index in [2.05, 4.69) is 10.7 Å². The molecule has 0 aliphatic rings. The van der Waals surface area contributed by atoms with Gasteiger partial charge in [-0.05, 0) is 18.6 Å². The highest BCUT2D eigenvalue weighted by molar-refractivity contribution is 7.80. The summed E-state index contributed by atoms with van der Waals surface area (Å²) in [6.45, 7) is 1.87. The van der Waals surface area contributed by atoms with Crippen LogP contribution in [0.15, 0.2) is 0 Å². The van der Waals surface area contributed by atoms with Crippen LogP contribution in [0, 0.1) is 0 Å². The van der Waals surface area contributed by atoms with Crippen LogP contribution in [0.3, 0.4) is 0 Å². The van der Waals surface area contributed by atoms with Crippen molar-refractivity contribution in [3.63, 3.8) is 0 Å². The third kappa shape index (κ3) is 4.86. The Morgan fingerprint density at radius 1 is 1.75 bits per heavy atom. The number of hydrogen-bond donors (Lipinski definition) is 4. The van der Waals surface area contributed by atoms with Crippen molar-refractivity contribution < 1.29 is 9.90 Å². The Labute approximate surface area is 76.3 Å². The summed E-state index contributed by atoms with van der Waals surface area (Å²) in [5.74, 6) is 4.15. The molecule has 0 aliphatic carbocycles. The van der Waals surface area contributed by atoms with Crippen LogP contribution in [-0.4, -0.2) is 22.2 Å². The van der Waals surface area contributed by atoms with Crippen LogP contribution in [0.25, 0.3) is 0 Å². The fourth-order valence-corrected chi connectivity index (χ4v) is 0.902. The molecule has 1 unspecified atom stereocenters. The molecule has 0 amide bonds. The minimum Gasteiger partial charge on any atom is -0.481 e. The topological polar surface area (TPSA) is 87.4 Å². The van der Waals surface area contributed by atoms with Crippen LogP contribution in [-0.2, 0) is 4.79 Å². The molecule has 0 radical (unpaired) electrons. The van der Waals surface area contributed by atoms with E-state index in [9.17, 15) is 4.79 Å². The van der Waals surface area contributed by atoms with Crippen molar-refractivity contribution in [3.8, 4) is 0 Å². The third-order valence-corrected chi connectivity index (χ3v) is 1.62. The zero-order chi connectivity index (χ0) is 9.56. The summed E-state index contributed by atoms with van der Waals surface area (Å²) >= 11 is 4.71. The van der Waals surface area contributed by atoms with E-state index < -0.39 is 5.97 Å². The van der Waals surface area contributed by atoms with Gasteiger partial charge in [0.2, 0.25) is 0 Å². The van der Waals surface area contributed by atoms with Gasteiger partial charge in [0.25, 0.3) is 0 Å². The van der Waals surface area contributed by atoms with Crippen molar-refractivity contribution in [1.29, 1.82) is 0 Å². The maximum absolute atomic E-state index is 10.3. The van der Waals surface area contributed by atoms with Gasteiger partial charge in [0, 0.05) is 6.04 Å². The number of aliphatic carboxylic acids is 1. The zero-order valence-corrected chi connectivity index (χ0v) is 7.65. The maximum atomic E-state index is 10.3. The smallest absolute Gasteiger partial charge is 0.305 e. The van der Waals surface area contributed by atoms with Gasteiger partial charge in [-0.3, -0.25) is 4.79 Å². The van der Waals surface area contributed by atoms with Crippen LogP contribution in [0.2, 0.25) is 0 Å². The number of nitrogens with one attached hydrogen (secondary N) is 2. The summed E-state index contributed by atoms with van der Waals surface area (Å²) in [6.07, 6.45) is 0.729. The molecular formula is C6H13N3O2S. The molecule has 0 heterocycles. The Hall–Kier alpha value is -0.880. The third-order valence-electron chi connectivity index (χ3n) is 1.38. The van der Waals surface area contributed by atoms with E-state index in [1.165, 1.54) is 0 Å². The molecular weight excluding hydrogens is 178 g/mol. The van der Waals surface area contributed by atoms with Crippen molar-refractivity contribution in [3.05, 3.63) is 0 Å². The minimum atomic E-state index is -0.853. The highest BCUT2D eigenvalue weighted by atomic mass is 32.1.